The number of aromatic nitrogens is 1. The van der Waals surface area contributed by atoms with E-state index in [-0.39, 0.29) is 0 Å². The highest BCUT2D eigenvalue weighted by Crippen LogP contribution is 2.06. The number of aryl methyl sites for hydroxylation is 1. The summed E-state index contributed by atoms with van der Waals surface area (Å²) in [5.74, 6) is 0.376. The highest BCUT2D eigenvalue weighted by molar-refractivity contribution is 5.92. The van der Waals surface area contributed by atoms with Crippen molar-refractivity contribution < 1.29 is 9.32 Å². The van der Waals surface area contributed by atoms with Gasteiger partial charge in [-0.05, 0) is 24.6 Å². The lowest BCUT2D eigenvalue weighted by molar-refractivity contribution is 0.1000. The van der Waals surface area contributed by atoms with Gasteiger partial charge in [0.15, 0.2) is 5.76 Å². The number of amides is 1. The van der Waals surface area contributed by atoms with Gasteiger partial charge in [0.05, 0.1) is 12.2 Å². The maximum absolute atomic E-state index is 11.0. The lowest BCUT2D eigenvalue weighted by Crippen LogP contribution is -2.14. The van der Waals surface area contributed by atoms with Crippen LogP contribution >= 0.6 is 0 Å². The van der Waals surface area contributed by atoms with Crippen LogP contribution in [0.4, 0.5) is 0 Å². The monoisotopic (exact) mass is 245 g/mol. The molecule has 18 heavy (non-hydrogen) atoms. The summed E-state index contributed by atoms with van der Waals surface area (Å²) in [6, 6.07) is 9.11. The third kappa shape index (κ3) is 3.18. The number of nitrogens with one attached hydrogen (secondary N) is 1. The SMILES string of the molecule is Cc1cc(CNCc2cccc(C(N)=O)c2)on1. The Kier molecular flexibility index (Phi) is 3.74. The van der Waals surface area contributed by atoms with Gasteiger partial charge >= 0.3 is 0 Å². The van der Waals surface area contributed by atoms with E-state index in [4.69, 9.17) is 10.3 Å². The molecule has 0 fully saturated rings. The number of hydrogen-bond donors (Lipinski definition) is 2. The zero-order chi connectivity index (χ0) is 13.0. The molecule has 94 valence electrons. The van der Waals surface area contributed by atoms with Gasteiger partial charge in [-0.25, -0.2) is 0 Å². The van der Waals surface area contributed by atoms with Crippen molar-refractivity contribution in [3.63, 3.8) is 0 Å². The smallest absolute Gasteiger partial charge is 0.248 e. The van der Waals surface area contributed by atoms with Gasteiger partial charge in [-0.1, -0.05) is 17.3 Å². The number of carbonyl (C=O) groups excluding carboxylic acids is 1. The molecule has 0 spiro atoms. The van der Waals surface area contributed by atoms with E-state index in [1.807, 2.05) is 25.1 Å². The molecule has 0 unspecified atom stereocenters. The lowest BCUT2D eigenvalue weighted by atomic mass is 10.1. The van der Waals surface area contributed by atoms with Gasteiger partial charge in [-0.15, -0.1) is 0 Å². The van der Waals surface area contributed by atoms with Crippen LogP contribution in [0.1, 0.15) is 27.4 Å². The minimum absolute atomic E-state index is 0.414. The Labute approximate surface area is 105 Å². The molecule has 1 amide bonds. The molecule has 0 saturated carbocycles. The van der Waals surface area contributed by atoms with Gasteiger partial charge in [0.2, 0.25) is 5.91 Å². The number of nitrogens with two attached hydrogens (primary N) is 1. The van der Waals surface area contributed by atoms with Crippen LogP contribution in [0, 0.1) is 6.92 Å². The van der Waals surface area contributed by atoms with Gasteiger partial charge in [0, 0.05) is 18.2 Å². The number of benzene rings is 1. The normalized spacial score (nSPS) is 10.5. The molecular weight excluding hydrogens is 230 g/mol. The van der Waals surface area contributed by atoms with Gasteiger partial charge in [-0.3, -0.25) is 4.79 Å². The largest absolute Gasteiger partial charge is 0.366 e. The molecule has 0 atom stereocenters. The van der Waals surface area contributed by atoms with Gasteiger partial charge in [-0.2, -0.15) is 0 Å². The number of nitrogens with zero attached hydrogens (tertiary/aromatic N) is 1. The summed E-state index contributed by atoms with van der Waals surface area (Å²) in [6.07, 6.45) is 0. The second-order valence-electron chi connectivity index (χ2n) is 4.10. The standard InChI is InChI=1S/C13H15N3O2/c1-9-5-12(18-16-9)8-15-7-10-3-2-4-11(6-10)13(14)17/h2-6,15H,7-8H2,1H3,(H2,14,17). The first-order chi connectivity index (χ1) is 8.65. The van der Waals surface area contributed by atoms with Crippen molar-refractivity contribution >= 4 is 5.91 Å². The van der Waals surface area contributed by atoms with Crippen molar-refractivity contribution in [2.45, 2.75) is 20.0 Å². The van der Waals surface area contributed by atoms with Gasteiger partial charge in [0.1, 0.15) is 0 Å². The van der Waals surface area contributed by atoms with E-state index in [9.17, 15) is 4.79 Å². The Morgan fingerprint density at radius 1 is 1.39 bits per heavy atom. The van der Waals surface area contributed by atoms with Crippen molar-refractivity contribution in [1.29, 1.82) is 0 Å². The molecule has 2 rings (SSSR count). The average molecular weight is 245 g/mol. The third-order valence-corrected chi connectivity index (χ3v) is 2.52. The summed E-state index contributed by atoms with van der Waals surface area (Å²) in [5.41, 5.74) is 7.61. The van der Waals surface area contributed by atoms with E-state index in [1.54, 1.807) is 12.1 Å². The molecule has 0 saturated heterocycles. The van der Waals surface area contributed by atoms with Crippen LogP contribution in [0.5, 0.6) is 0 Å². The Bertz CT molecular complexity index is 549. The molecular formula is C13H15N3O2. The minimum atomic E-state index is -0.414. The molecule has 1 aromatic heterocycles. The Hall–Kier alpha value is -2.14. The number of hydrogen-bond acceptors (Lipinski definition) is 4. The Balaban J connectivity index is 1.90. The van der Waals surface area contributed by atoms with E-state index in [0.29, 0.717) is 18.7 Å². The molecule has 1 aromatic carbocycles. The average Bonchev–Trinajstić information content (AvgIpc) is 2.75. The zero-order valence-electron chi connectivity index (χ0n) is 10.1. The molecule has 3 N–H and O–H groups in total. The highest BCUT2D eigenvalue weighted by Gasteiger charge is 2.02. The summed E-state index contributed by atoms with van der Waals surface area (Å²) in [6.45, 7) is 3.12. The van der Waals surface area contributed by atoms with Gasteiger partial charge in [0.25, 0.3) is 0 Å². The Morgan fingerprint density at radius 3 is 2.89 bits per heavy atom. The minimum Gasteiger partial charge on any atom is -0.366 e. The third-order valence-electron chi connectivity index (χ3n) is 2.52. The second-order valence-corrected chi connectivity index (χ2v) is 4.10. The molecule has 0 aliphatic rings. The topological polar surface area (TPSA) is 81.1 Å². The van der Waals surface area contributed by atoms with Crippen LogP contribution in [-0.2, 0) is 13.1 Å². The molecule has 5 heteroatoms. The van der Waals surface area contributed by atoms with Crippen molar-refractivity contribution in [3.05, 3.63) is 52.9 Å². The van der Waals surface area contributed by atoms with E-state index >= 15 is 0 Å². The first-order valence-corrected chi connectivity index (χ1v) is 5.67. The fourth-order valence-electron chi connectivity index (χ4n) is 1.66. The summed E-state index contributed by atoms with van der Waals surface area (Å²) < 4.78 is 5.08. The summed E-state index contributed by atoms with van der Waals surface area (Å²) in [5, 5.41) is 7.01. The first-order valence-electron chi connectivity index (χ1n) is 5.67. The van der Waals surface area contributed by atoms with Crippen LogP contribution in [0.2, 0.25) is 0 Å². The zero-order valence-corrected chi connectivity index (χ0v) is 10.1. The van der Waals surface area contributed by atoms with Crippen molar-refractivity contribution in [3.8, 4) is 0 Å². The van der Waals surface area contributed by atoms with Crippen molar-refractivity contribution in [1.82, 2.24) is 10.5 Å². The first kappa shape index (κ1) is 12.3. The van der Waals surface area contributed by atoms with Crippen molar-refractivity contribution in [2.75, 3.05) is 0 Å². The summed E-state index contributed by atoms with van der Waals surface area (Å²) >= 11 is 0. The molecule has 0 aliphatic heterocycles. The van der Waals surface area contributed by atoms with E-state index in [0.717, 1.165) is 17.0 Å². The van der Waals surface area contributed by atoms with Crippen molar-refractivity contribution in [2.24, 2.45) is 5.73 Å². The van der Waals surface area contributed by atoms with Gasteiger partial charge < -0.3 is 15.6 Å². The molecule has 5 nitrogen and oxygen atoms in total. The molecule has 1 heterocycles. The molecule has 0 radical (unpaired) electrons. The molecule has 0 bridgehead atoms. The van der Waals surface area contributed by atoms with Crippen LogP contribution in [0.15, 0.2) is 34.9 Å². The van der Waals surface area contributed by atoms with Crippen LogP contribution < -0.4 is 11.1 Å². The van der Waals surface area contributed by atoms with Crippen LogP contribution in [0.3, 0.4) is 0 Å². The maximum atomic E-state index is 11.0. The molecule has 0 aliphatic carbocycles. The fraction of sp³-hybridized carbons (Fsp3) is 0.231. The fourth-order valence-corrected chi connectivity index (χ4v) is 1.66. The van der Waals surface area contributed by atoms with Crippen LogP contribution in [-0.4, -0.2) is 11.1 Å². The number of primary amides is 1. The molecule has 2 aromatic rings. The quantitative estimate of drug-likeness (QED) is 0.833. The summed E-state index contributed by atoms with van der Waals surface area (Å²) in [7, 11) is 0. The summed E-state index contributed by atoms with van der Waals surface area (Å²) in [4.78, 5) is 11.0. The number of rotatable bonds is 5. The van der Waals surface area contributed by atoms with E-state index < -0.39 is 5.91 Å². The maximum Gasteiger partial charge on any atom is 0.248 e. The van der Waals surface area contributed by atoms with E-state index in [1.165, 1.54) is 0 Å². The Morgan fingerprint density at radius 2 is 2.22 bits per heavy atom. The lowest BCUT2D eigenvalue weighted by Gasteiger charge is -2.04. The second kappa shape index (κ2) is 5.46. The predicted molar refractivity (Wildman–Crippen MR) is 66.7 cm³/mol. The predicted octanol–water partition coefficient (Wildman–Crippen LogP) is 1.37. The highest BCUT2D eigenvalue weighted by atomic mass is 16.5. The van der Waals surface area contributed by atoms with E-state index in [2.05, 4.69) is 10.5 Å². The van der Waals surface area contributed by atoms with Crippen LogP contribution in [0.25, 0.3) is 0 Å². The number of carbonyl (C=O) groups is 1.